The summed E-state index contributed by atoms with van der Waals surface area (Å²) in [5.41, 5.74) is -0.479. The molecule has 1 aromatic rings. The van der Waals surface area contributed by atoms with Gasteiger partial charge < -0.3 is 15.0 Å². The molecule has 3 heterocycles. The van der Waals surface area contributed by atoms with Crippen LogP contribution in [0.2, 0.25) is 0 Å². The fourth-order valence-electron chi connectivity index (χ4n) is 4.18. The van der Waals surface area contributed by atoms with Crippen molar-refractivity contribution in [2.75, 3.05) is 19.7 Å². The van der Waals surface area contributed by atoms with E-state index in [2.05, 4.69) is 5.32 Å². The van der Waals surface area contributed by atoms with Crippen LogP contribution in [-0.2, 0) is 15.1 Å². The molecule has 0 radical (unpaired) electrons. The van der Waals surface area contributed by atoms with Crippen LogP contribution in [0.15, 0.2) is 24.3 Å². The summed E-state index contributed by atoms with van der Waals surface area (Å²) in [4.78, 5) is 41.7. The minimum Gasteiger partial charge on any atom is -0.493 e. The number of ether oxygens (including phenoxy) is 1. The first-order valence-corrected chi connectivity index (χ1v) is 9.21. The fourth-order valence-corrected chi connectivity index (χ4v) is 4.18. The van der Waals surface area contributed by atoms with Gasteiger partial charge in [-0.25, -0.2) is 9.69 Å². The topological polar surface area (TPSA) is 79.0 Å². The monoisotopic (exact) mass is 357 g/mol. The van der Waals surface area contributed by atoms with Crippen LogP contribution in [0.1, 0.15) is 38.2 Å². The van der Waals surface area contributed by atoms with Crippen LogP contribution in [0.5, 0.6) is 5.75 Å². The average molecular weight is 357 g/mol. The second kappa shape index (κ2) is 6.30. The Bertz CT molecular complexity index is 759. The van der Waals surface area contributed by atoms with Gasteiger partial charge in [-0.3, -0.25) is 9.59 Å². The molecule has 0 saturated carbocycles. The number of nitrogens with one attached hydrogen (secondary N) is 1. The predicted octanol–water partition coefficient (Wildman–Crippen LogP) is 1.62. The number of nitrogens with zero attached hydrogens (tertiary/aromatic N) is 2. The standard InChI is InChI=1S/C19H23N3O4/c1-13(16(23)21-10-5-2-6-11-21)22-17(24)19(20-18(22)25)9-12-26-15-8-4-3-7-14(15)19/h3-4,7-8,13H,2,5-6,9-12H2,1H3,(H,20,25)/t13-,19+/m1/s1. The first-order valence-electron chi connectivity index (χ1n) is 9.21. The van der Waals surface area contributed by atoms with Crippen molar-refractivity contribution in [2.45, 2.75) is 44.2 Å². The summed E-state index contributed by atoms with van der Waals surface area (Å²) in [5, 5.41) is 2.85. The van der Waals surface area contributed by atoms with E-state index in [-0.39, 0.29) is 11.8 Å². The molecule has 0 aromatic heterocycles. The number of hydrogen-bond acceptors (Lipinski definition) is 4. The van der Waals surface area contributed by atoms with Crippen molar-refractivity contribution < 1.29 is 19.1 Å². The van der Waals surface area contributed by atoms with E-state index < -0.39 is 17.6 Å². The normalized spacial score (nSPS) is 26.3. The molecule has 2 fully saturated rings. The maximum atomic E-state index is 13.3. The Morgan fingerprint density at radius 2 is 1.92 bits per heavy atom. The van der Waals surface area contributed by atoms with Crippen molar-refractivity contribution >= 4 is 17.8 Å². The summed E-state index contributed by atoms with van der Waals surface area (Å²) in [6.07, 6.45) is 3.40. The van der Waals surface area contributed by atoms with Gasteiger partial charge in [0.1, 0.15) is 11.8 Å². The van der Waals surface area contributed by atoms with Gasteiger partial charge in [-0.1, -0.05) is 18.2 Å². The van der Waals surface area contributed by atoms with Crippen LogP contribution in [0.3, 0.4) is 0 Å². The van der Waals surface area contributed by atoms with Crippen molar-refractivity contribution in [3.05, 3.63) is 29.8 Å². The lowest BCUT2D eigenvalue weighted by Gasteiger charge is -2.34. The van der Waals surface area contributed by atoms with Gasteiger partial charge in [0.15, 0.2) is 5.54 Å². The van der Waals surface area contributed by atoms with E-state index >= 15 is 0 Å². The third kappa shape index (κ3) is 2.45. The number of hydrogen-bond donors (Lipinski definition) is 1. The summed E-state index contributed by atoms with van der Waals surface area (Å²) in [7, 11) is 0. The van der Waals surface area contributed by atoms with E-state index in [1.165, 1.54) is 0 Å². The van der Waals surface area contributed by atoms with Crippen molar-refractivity contribution in [1.82, 2.24) is 15.1 Å². The van der Waals surface area contributed by atoms with Gasteiger partial charge in [0.25, 0.3) is 5.91 Å². The Labute approximate surface area is 152 Å². The molecule has 3 aliphatic heterocycles. The lowest BCUT2D eigenvalue weighted by Crippen LogP contribution is -2.52. The number of carbonyl (C=O) groups excluding carboxylic acids is 3. The second-order valence-corrected chi connectivity index (χ2v) is 7.17. The van der Waals surface area contributed by atoms with Crippen molar-refractivity contribution in [1.29, 1.82) is 0 Å². The molecule has 2 saturated heterocycles. The number of carbonyl (C=O) groups is 3. The molecule has 3 aliphatic rings. The lowest BCUT2D eigenvalue weighted by atomic mass is 9.84. The van der Waals surface area contributed by atoms with Crippen molar-refractivity contribution in [2.24, 2.45) is 0 Å². The minimum absolute atomic E-state index is 0.161. The molecule has 0 bridgehead atoms. The van der Waals surface area contributed by atoms with Crippen LogP contribution in [0.25, 0.3) is 0 Å². The Morgan fingerprint density at radius 1 is 1.19 bits per heavy atom. The summed E-state index contributed by atoms with van der Waals surface area (Å²) in [5.74, 6) is 0.0750. The molecule has 4 rings (SSSR count). The molecular formula is C19H23N3O4. The first kappa shape index (κ1) is 16.9. The maximum absolute atomic E-state index is 13.3. The molecule has 4 amide bonds. The largest absolute Gasteiger partial charge is 0.493 e. The van der Waals surface area contributed by atoms with Gasteiger partial charge in [0, 0.05) is 25.1 Å². The molecule has 1 aromatic carbocycles. The molecule has 138 valence electrons. The number of benzene rings is 1. The smallest absolute Gasteiger partial charge is 0.326 e. The Hall–Kier alpha value is -2.57. The summed E-state index contributed by atoms with van der Waals surface area (Å²) in [6.45, 7) is 3.35. The molecule has 1 spiro atoms. The van der Waals surface area contributed by atoms with Crippen LogP contribution >= 0.6 is 0 Å². The van der Waals surface area contributed by atoms with Crippen molar-refractivity contribution in [3.8, 4) is 5.75 Å². The van der Waals surface area contributed by atoms with Crippen LogP contribution < -0.4 is 10.1 Å². The minimum atomic E-state index is -1.14. The molecule has 7 nitrogen and oxygen atoms in total. The number of para-hydroxylation sites is 1. The SMILES string of the molecule is C[C@H](C(=O)N1CCCCC1)N1C(=O)N[C@]2(CCOc3ccccc32)C1=O. The molecule has 0 aliphatic carbocycles. The lowest BCUT2D eigenvalue weighted by molar-refractivity contribution is -0.144. The van der Waals surface area contributed by atoms with Crippen LogP contribution in [-0.4, -0.2) is 53.4 Å². The Balaban J connectivity index is 1.63. The zero-order chi connectivity index (χ0) is 18.3. The highest BCUT2D eigenvalue weighted by Crippen LogP contribution is 2.41. The molecule has 1 N–H and O–H groups in total. The van der Waals surface area contributed by atoms with Gasteiger partial charge in [-0.2, -0.15) is 0 Å². The van der Waals surface area contributed by atoms with Gasteiger partial charge in [-0.15, -0.1) is 0 Å². The number of fused-ring (bicyclic) bond motifs is 2. The molecular weight excluding hydrogens is 334 g/mol. The maximum Gasteiger partial charge on any atom is 0.326 e. The predicted molar refractivity (Wildman–Crippen MR) is 93.5 cm³/mol. The number of likely N-dealkylation sites (tertiary alicyclic amines) is 1. The van der Waals surface area contributed by atoms with E-state index in [0.717, 1.165) is 24.2 Å². The number of piperidine rings is 1. The quantitative estimate of drug-likeness (QED) is 0.816. The number of rotatable bonds is 2. The van der Waals surface area contributed by atoms with Gasteiger partial charge in [0.05, 0.1) is 6.61 Å². The van der Waals surface area contributed by atoms with Gasteiger partial charge >= 0.3 is 6.03 Å². The van der Waals surface area contributed by atoms with E-state index in [0.29, 0.717) is 37.4 Å². The Kier molecular flexibility index (Phi) is 4.09. The zero-order valence-corrected chi connectivity index (χ0v) is 14.9. The number of urea groups is 1. The molecule has 26 heavy (non-hydrogen) atoms. The number of amides is 4. The summed E-state index contributed by atoms with van der Waals surface area (Å²) >= 11 is 0. The van der Waals surface area contributed by atoms with E-state index in [4.69, 9.17) is 4.74 Å². The zero-order valence-electron chi connectivity index (χ0n) is 14.9. The summed E-state index contributed by atoms with van der Waals surface area (Å²) in [6, 6.07) is 5.92. The molecule has 2 atom stereocenters. The van der Waals surface area contributed by atoms with Gasteiger partial charge in [0.2, 0.25) is 5.91 Å². The third-order valence-electron chi connectivity index (χ3n) is 5.62. The number of imide groups is 1. The van der Waals surface area contributed by atoms with Crippen molar-refractivity contribution in [3.63, 3.8) is 0 Å². The van der Waals surface area contributed by atoms with E-state index in [1.54, 1.807) is 24.0 Å². The summed E-state index contributed by atoms with van der Waals surface area (Å²) < 4.78 is 5.63. The highest BCUT2D eigenvalue weighted by molar-refractivity contribution is 6.10. The highest BCUT2D eigenvalue weighted by Gasteiger charge is 2.57. The van der Waals surface area contributed by atoms with Crippen LogP contribution in [0, 0.1) is 0 Å². The second-order valence-electron chi connectivity index (χ2n) is 7.17. The third-order valence-corrected chi connectivity index (χ3v) is 5.62. The Morgan fingerprint density at radius 3 is 2.69 bits per heavy atom. The van der Waals surface area contributed by atoms with Crippen LogP contribution in [0.4, 0.5) is 4.79 Å². The fraction of sp³-hybridized carbons (Fsp3) is 0.526. The highest BCUT2D eigenvalue weighted by atomic mass is 16.5. The van der Waals surface area contributed by atoms with Gasteiger partial charge in [-0.05, 0) is 32.3 Å². The first-order chi connectivity index (χ1) is 12.5. The van der Waals surface area contributed by atoms with E-state index in [9.17, 15) is 14.4 Å². The molecule has 0 unspecified atom stereocenters. The molecule has 7 heteroatoms. The average Bonchev–Trinajstić information content (AvgIpc) is 2.92. The van der Waals surface area contributed by atoms with E-state index in [1.807, 2.05) is 12.1 Å².